The molecule has 0 aromatic carbocycles. The highest BCUT2D eigenvalue weighted by Gasteiger charge is 2.26. The van der Waals surface area contributed by atoms with Crippen molar-refractivity contribution in [2.75, 3.05) is 19.6 Å². The molecule has 0 unspecified atom stereocenters. The second-order valence-electron chi connectivity index (χ2n) is 5.74. The lowest BCUT2D eigenvalue weighted by atomic mass is 9.84. The number of nitrogens with zero attached hydrogens (tertiary/aromatic N) is 4. The fourth-order valence-corrected chi connectivity index (χ4v) is 2.56. The Morgan fingerprint density at radius 2 is 2.29 bits per heavy atom. The second-order valence-corrected chi connectivity index (χ2v) is 5.74. The Hall–Kier alpha value is -0.940. The zero-order valence-corrected chi connectivity index (χ0v) is 10.9. The van der Waals surface area contributed by atoms with Crippen molar-refractivity contribution in [3.8, 4) is 0 Å². The first kappa shape index (κ1) is 12.5. The quantitative estimate of drug-likeness (QED) is 0.843. The zero-order valence-electron chi connectivity index (χ0n) is 10.9. The van der Waals surface area contributed by atoms with Crippen LogP contribution in [0.15, 0.2) is 6.20 Å². The minimum atomic E-state index is 0.436. The molecule has 0 radical (unpaired) electrons. The number of rotatable bonds is 4. The highest BCUT2D eigenvalue weighted by molar-refractivity contribution is 4.94. The summed E-state index contributed by atoms with van der Waals surface area (Å²) in [6, 6.07) is 0. The van der Waals surface area contributed by atoms with E-state index in [2.05, 4.69) is 29.1 Å². The van der Waals surface area contributed by atoms with Crippen molar-refractivity contribution in [3.05, 3.63) is 11.9 Å². The molecule has 1 aromatic rings. The van der Waals surface area contributed by atoms with Crippen molar-refractivity contribution in [2.24, 2.45) is 11.1 Å². The maximum atomic E-state index is 5.49. The molecule has 2 rings (SSSR count). The van der Waals surface area contributed by atoms with Gasteiger partial charge in [0, 0.05) is 25.8 Å². The van der Waals surface area contributed by atoms with E-state index in [1.165, 1.54) is 19.4 Å². The van der Waals surface area contributed by atoms with Crippen LogP contribution in [0.2, 0.25) is 0 Å². The van der Waals surface area contributed by atoms with Gasteiger partial charge in [0.05, 0.1) is 12.2 Å². The van der Waals surface area contributed by atoms with Gasteiger partial charge in [-0.1, -0.05) is 19.1 Å². The van der Waals surface area contributed by atoms with E-state index in [9.17, 15) is 0 Å². The minimum Gasteiger partial charge on any atom is -0.329 e. The van der Waals surface area contributed by atoms with Crippen LogP contribution in [0, 0.1) is 5.41 Å². The van der Waals surface area contributed by atoms with Gasteiger partial charge in [0.15, 0.2) is 0 Å². The third-order valence-corrected chi connectivity index (χ3v) is 3.31. The van der Waals surface area contributed by atoms with Crippen molar-refractivity contribution in [3.63, 3.8) is 0 Å². The number of piperidine rings is 1. The topological polar surface area (TPSA) is 60.0 Å². The van der Waals surface area contributed by atoms with E-state index in [-0.39, 0.29) is 0 Å². The Labute approximate surface area is 103 Å². The summed E-state index contributed by atoms with van der Waals surface area (Å²) in [6.45, 7) is 9.27. The first-order valence-electron chi connectivity index (χ1n) is 6.40. The lowest BCUT2D eigenvalue weighted by molar-refractivity contribution is 0.110. The average Bonchev–Trinajstić information content (AvgIpc) is 2.64. The number of nitrogens with two attached hydrogens (primary N) is 1. The van der Waals surface area contributed by atoms with Crippen LogP contribution in [-0.2, 0) is 13.1 Å². The molecule has 1 fully saturated rings. The molecule has 1 aliphatic rings. The number of aromatic nitrogens is 3. The molecule has 1 aliphatic heterocycles. The maximum absolute atomic E-state index is 5.49. The molecule has 1 aromatic heterocycles. The normalized spacial score (nSPS) is 20.6. The van der Waals surface area contributed by atoms with Crippen molar-refractivity contribution >= 4 is 0 Å². The van der Waals surface area contributed by atoms with E-state index in [0.29, 0.717) is 12.0 Å². The van der Waals surface area contributed by atoms with Crippen LogP contribution < -0.4 is 5.73 Å². The highest BCUT2D eigenvalue weighted by Crippen LogP contribution is 2.28. The summed E-state index contributed by atoms with van der Waals surface area (Å²) in [4.78, 5) is 2.47. The van der Waals surface area contributed by atoms with E-state index in [1.807, 2.05) is 10.9 Å². The molecule has 0 aliphatic carbocycles. The fraction of sp³-hybridized carbons (Fsp3) is 0.833. The Morgan fingerprint density at radius 3 is 3.00 bits per heavy atom. The van der Waals surface area contributed by atoms with Gasteiger partial charge in [-0.25, -0.2) is 0 Å². The molecule has 2 heterocycles. The predicted molar refractivity (Wildman–Crippen MR) is 67.4 cm³/mol. The summed E-state index contributed by atoms with van der Waals surface area (Å²) in [5.74, 6) is 0. The molecule has 0 spiro atoms. The van der Waals surface area contributed by atoms with E-state index in [4.69, 9.17) is 5.73 Å². The van der Waals surface area contributed by atoms with Crippen LogP contribution in [0.25, 0.3) is 0 Å². The van der Waals surface area contributed by atoms with Crippen molar-refractivity contribution < 1.29 is 0 Å². The monoisotopic (exact) mass is 237 g/mol. The zero-order chi connectivity index (χ0) is 12.3. The molecule has 96 valence electrons. The van der Waals surface area contributed by atoms with Crippen LogP contribution in [0.5, 0.6) is 0 Å². The number of hydrogen-bond donors (Lipinski definition) is 1. The average molecular weight is 237 g/mol. The molecule has 5 heteroatoms. The van der Waals surface area contributed by atoms with Crippen molar-refractivity contribution in [2.45, 2.75) is 39.8 Å². The number of likely N-dealkylation sites (tertiary alicyclic amines) is 1. The van der Waals surface area contributed by atoms with Crippen LogP contribution in [0.3, 0.4) is 0 Å². The van der Waals surface area contributed by atoms with Gasteiger partial charge in [-0.2, -0.15) is 0 Å². The Balaban J connectivity index is 1.91. The molecule has 0 bridgehead atoms. The van der Waals surface area contributed by atoms with Gasteiger partial charge in [0.25, 0.3) is 0 Å². The summed E-state index contributed by atoms with van der Waals surface area (Å²) < 4.78 is 1.82. The van der Waals surface area contributed by atoms with Gasteiger partial charge < -0.3 is 5.73 Å². The van der Waals surface area contributed by atoms with E-state index >= 15 is 0 Å². The third kappa shape index (κ3) is 3.51. The van der Waals surface area contributed by atoms with Gasteiger partial charge in [0.2, 0.25) is 0 Å². The van der Waals surface area contributed by atoms with Crippen LogP contribution in [0.1, 0.15) is 32.4 Å². The maximum Gasteiger partial charge on any atom is 0.0967 e. The van der Waals surface area contributed by atoms with E-state index < -0.39 is 0 Å². The molecule has 0 atom stereocenters. The SMILES string of the molecule is CC1(C)CCCN(Cc2cn(CCN)nn2)C1. The molecule has 0 amide bonds. The summed E-state index contributed by atoms with van der Waals surface area (Å²) in [7, 11) is 0. The highest BCUT2D eigenvalue weighted by atomic mass is 15.4. The predicted octanol–water partition coefficient (Wildman–Crippen LogP) is 0.859. The molecule has 2 N–H and O–H groups in total. The second kappa shape index (κ2) is 5.14. The summed E-state index contributed by atoms with van der Waals surface area (Å²) in [5.41, 5.74) is 6.98. The summed E-state index contributed by atoms with van der Waals surface area (Å²) in [6.07, 6.45) is 4.61. The van der Waals surface area contributed by atoms with Gasteiger partial charge in [-0.05, 0) is 24.8 Å². The molecule has 0 saturated carbocycles. The van der Waals surface area contributed by atoms with Crippen LogP contribution >= 0.6 is 0 Å². The summed E-state index contributed by atoms with van der Waals surface area (Å²) in [5, 5.41) is 8.26. The number of hydrogen-bond acceptors (Lipinski definition) is 4. The first-order chi connectivity index (χ1) is 8.09. The van der Waals surface area contributed by atoms with Crippen LogP contribution in [-0.4, -0.2) is 39.5 Å². The lowest BCUT2D eigenvalue weighted by Gasteiger charge is -2.37. The van der Waals surface area contributed by atoms with Crippen molar-refractivity contribution in [1.29, 1.82) is 0 Å². The molecular formula is C12H23N5. The fourth-order valence-electron chi connectivity index (χ4n) is 2.56. The lowest BCUT2D eigenvalue weighted by Crippen LogP contribution is -2.39. The first-order valence-corrected chi connectivity index (χ1v) is 6.40. The largest absolute Gasteiger partial charge is 0.329 e. The van der Waals surface area contributed by atoms with E-state index in [0.717, 1.165) is 25.3 Å². The molecule has 17 heavy (non-hydrogen) atoms. The Kier molecular flexibility index (Phi) is 3.79. The van der Waals surface area contributed by atoms with E-state index in [1.54, 1.807) is 0 Å². The van der Waals surface area contributed by atoms with Crippen LogP contribution in [0.4, 0.5) is 0 Å². The Morgan fingerprint density at radius 1 is 1.47 bits per heavy atom. The molecule has 5 nitrogen and oxygen atoms in total. The molecule has 1 saturated heterocycles. The molecular weight excluding hydrogens is 214 g/mol. The van der Waals surface area contributed by atoms with Gasteiger partial charge in [0.1, 0.15) is 0 Å². The summed E-state index contributed by atoms with van der Waals surface area (Å²) >= 11 is 0. The minimum absolute atomic E-state index is 0.436. The van der Waals surface area contributed by atoms with Gasteiger partial charge in [-0.15, -0.1) is 5.10 Å². The van der Waals surface area contributed by atoms with Crippen molar-refractivity contribution in [1.82, 2.24) is 19.9 Å². The third-order valence-electron chi connectivity index (χ3n) is 3.31. The smallest absolute Gasteiger partial charge is 0.0967 e. The van der Waals surface area contributed by atoms with Gasteiger partial charge in [-0.3, -0.25) is 9.58 Å². The van der Waals surface area contributed by atoms with Gasteiger partial charge >= 0.3 is 0 Å². The standard InChI is InChI=1S/C12H23N5/c1-12(2)4-3-6-16(10-12)8-11-9-17(7-5-13)15-14-11/h9H,3-8,10,13H2,1-2H3. The Bertz CT molecular complexity index is 358.